The number of ether oxygens (including phenoxy) is 2. The first-order valence-electron chi connectivity index (χ1n) is 8.40. The number of nitrogens with zero attached hydrogens (tertiary/aromatic N) is 1. The second-order valence-electron chi connectivity index (χ2n) is 6.18. The van der Waals surface area contributed by atoms with Gasteiger partial charge in [0.05, 0.1) is 37.8 Å². The number of benzene rings is 1. The molecule has 0 aliphatic rings. The summed E-state index contributed by atoms with van der Waals surface area (Å²) >= 11 is 0. The van der Waals surface area contributed by atoms with Crippen LogP contribution in [-0.4, -0.2) is 50.1 Å². The number of amides is 2. The lowest BCUT2D eigenvalue weighted by Gasteiger charge is -2.15. The molecule has 0 saturated heterocycles. The highest BCUT2D eigenvalue weighted by Crippen LogP contribution is 2.34. The van der Waals surface area contributed by atoms with Crippen LogP contribution in [-0.2, 0) is 16.0 Å². The van der Waals surface area contributed by atoms with Gasteiger partial charge in [0.1, 0.15) is 0 Å². The van der Waals surface area contributed by atoms with Crippen molar-refractivity contribution < 1.29 is 24.0 Å². The molecule has 1 rings (SSSR count). The maximum atomic E-state index is 11.8. The average Bonchev–Trinajstić information content (AvgIpc) is 2.64. The molecule has 10 heteroatoms. The number of rotatable bonds is 10. The van der Waals surface area contributed by atoms with Crippen molar-refractivity contribution >= 4 is 17.5 Å². The molecule has 27 heavy (non-hydrogen) atoms. The lowest BCUT2D eigenvalue weighted by molar-refractivity contribution is -0.385. The van der Waals surface area contributed by atoms with Gasteiger partial charge in [-0.25, -0.2) is 0 Å². The monoisotopic (exact) mass is 382 g/mol. The fourth-order valence-corrected chi connectivity index (χ4v) is 2.27. The Balaban J connectivity index is 2.64. The van der Waals surface area contributed by atoms with Crippen LogP contribution in [0, 0.1) is 16.0 Å². The van der Waals surface area contributed by atoms with E-state index in [-0.39, 0.29) is 36.9 Å². The predicted molar refractivity (Wildman–Crippen MR) is 98.7 cm³/mol. The average molecular weight is 382 g/mol. The van der Waals surface area contributed by atoms with E-state index in [9.17, 15) is 19.7 Å². The number of nitrogens with one attached hydrogen (secondary N) is 2. The van der Waals surface area contributed by atoms with Gasteiger partial charge in [-0.15, -0.1) is 0 Å². The molecule has 10 nitrogen and oxygen atoms in total. The summed E-state index contributed by atoms with van der Waals surface area (Å²) in [5.41, 5.74) is 5.95. The predicted octanol–water partition coefficient (Wildman–Crippen LogP) is 0.370. The fourth-order valence-electron chi connectivity index (χ4n) is 2.27. The summed E-state index contributed by atoms with van der Waals surface area (Å²) in [6.45, 7) is 3.55. The van der Waals surface area contributed by atoms with Crippen molar-refractivity contribution in [3.8, 4) is 11.5 Å². The lowest BCUT2D eigenvalue weighted by atomic mass is 10.1. The third kappa shape index (κ3) is 6.41. The molecule has 150 valence electrons. The zero-order valence-electron chi connectivity index (χ0n) is 15.9. The molecule has 2 amide bonds. The number of nitro groups is 1. The van der Waals surface area contributed by atoms with Crippen molar-refractivity contribution in [2.45, 2.75) is 26.3 Å². The molecule has 0 unspecified atom stereocenters. The number of carbonyl (C=O) groups is 2. The summed E-state index contributed by atoms with van der Waals surface area (Å²) < 4.78 is 10.2. The van der Waals surface area contributed by atoms with E-state index in [1.165, 1.54) is 26.4 Å². The molecular weight excluding hydrogens is 356 g/mol. The number of hydrogen-bond donors (Lipinski definition) is 3. The van der Waals surface area contributed by atoms with Gasteiger partial charge in [-0.05, 0) is 18.4 Å². The molecule has 0 aliphatic heterocycles. The van der Waals surface area contributed by atoms with E-state index in [4.69, 9.17) is 15.2 Å². The van der Waals surface area contributed by atoms with E-state index in [1.54, 1.807) is 13.8 Å². The molecule has 0 aliphatic carbocycles. The minimum atomic E-state index is -0.688. The number of nitro benzene ring substituents is 1. The van der Waals surface area contributed by atoms with E-state index in [1.807, 2.05) is 0 Å². The summed E-state index contributed by atoms with van der Waals surface area (Å²) in [5.74, 6) is -0.252. The Morgan fingerprint density at radius 3 is 2.30 bits per heavy atom. The maximum Gasteiger partial charge on any atom is 0.276 e. The number of carbonyl (C=O) groups excluding carboxylic acids is 2. The SMILES string of the molecule is COc1cc(CCNC(=O)CNC(=O)[C@@H](N)C(C)C)c([N+](=O)[O-])cc1OC. The minimum absolute atomic E-state index is 0.0429. The summed E-state index contributed by atoms with van der Waals surface area (Å²) in [5, 5.41) is 16.3. The molecule has 1 atom stereocenters. The summed E-state index contributed by atoms with van der Waals surface area (Å²) in [7, 11) is 2.82. The normalized spacial score (nSPS) is 11.6. The van der Waals surface area contributed by atoms with Crippen molar-refractivity contribution in [1.29, 1.82) is 0 Å². The Hall–Kier alpha value is -2.88. The summed E-state index contributed by atoms with van der Waals surface area (Å²) in [6.07, 6.45) is 0.210. The van der Waals surface area contributed by atoms with Crippen molar-refractivity contribution in [1.82, 2.24) is 10.6 Å². The largest absolute Gasteiger partial charge is 0.493 e. The smallest absolute Gasteiger partial charge is 0.276 e. The van der Waals surface area contributed by atoms with Crippen molar-refractivity contribution in [3.63, 3.8) is 0 Å². The van der Waals surface area contributed by atoms with Crippen LogP contribution < -0.4 is 25.8 Å². The third-order valence-electron chi connectivity index (χ3n) is 3.94. The lowest BCUT2D eigenvalue weighted by Crippen LogP contribution is -2.47. The van der Waals surface area contributed by atoms with Crippen LogP contribution in [0.4, 0.5) is 5.69 Å². The Morgan fingerprint density at radius 1 is 1.19 bits per heavy atom. The number of hydrogen-bond acceptors (Lipinski definition) is 7. The van der Waals surface area contributed by atoms with E-state index in [2.05, 4.69) is 10.6 Å². The molecule has 1 aromatic rings. The topological polar surface area (TPSA) is 146 Å². The number of methoxy groups -OCH3 is 2. The summed E-state index contributed by atoms with van der Waals surface area (Å²) in [6, 6.07) is 2.10. The molecule has 4 N–H and O–H groups in total. The molecule has 0 bridgehead atoms. The van der Waals surface area contributed by atoms with Crippen LogP contribution in [0.25, 0.3) is 0 Å². The van der Waals surface area contributed by atoms with Gasteiger partial charge < -0.3 is 25.8 Å². The highest BCUT2D eigenvalue weighted by atomic mass is 16.6. The van der Waals surface area contributed by atoms with E-state index in [0.29, 0.717) is 11.3 Å². The highest BCUT2D eigenvalue weighted by molar-refractivity contribution is 5.87. The maximum absolute atomic E-state index is 11.8. The molecule has 0 spiro atoms. The Labute approximate surface area is 157 Å². The van der Waals surface area contributed by atoms with Crippen LogP contribution in [0.2, 0.25) is 0 Å². The standard InChI is InChI=1S/C17H26N4O6/c1-10(2)16(18)17(23)20-9-15(22)19-6-5-11-7-13(26-3)14(27-4)8-12(11)21(24)25/h7-8,10,16H,5-6,9,18H2,1-4H3,(H,19,22)(H,20,23)/t16-/m0/s1. The fraction of sp³-hybridized carbons (Fsp3) is 0.529. The van der Waals surface area contributed by atoms with Gasteiger partial charge in [0.2, 0.25) is 11.8 Å². The third-order valence-corrected chi connectivity index (χ3v) is 3.94. The first-order chi connectivity index (χ1) is 12.7. The molecular formula is C17H26N4O6. The van der Waals surface area contributed by atoms with Gasteiger partial charge in [0.25, 0.3) is 5.69 Å². The molecule has 0 saturated carbocycles. The second kappa shape index (κ2) is 10.3. The van der Waals surface area contributed by atoms with Crippen LogP contribution in [0.5, 0.6) is 11.5 Å². The minimum Gasteiger partial charge on any atom is -0.493 e. The first kappa shape index (κ1) is 22.2. The van der Waals surface area contributed by atoms with Crippen LogP contribution in [0.3, 0.4) is 0 Å². The molecule has 0 fully saturated rings. The van der Waals surface area contributed by atoms with E-state index in [0.717, 1.165) is 0 Å². The van der Waals surface area contributed by atoms with Crippen molar-refractivity contribution in [2.24, 2.45) is 11.7 Å². The Morgan fingerprint density at radius 2 is 1.78 bits per heavy atom. The van der Waals surface area contributed by atoms with Gasteiger partial charge in [0.15, 0.2) is 11.5 Å². The van der Waals surface area contributed by atoms with Crippen molar-refractivity contribution in [3.05, 3.63) is 27.8 Å². The molecule has 0 aromatic heterocycles. The highest BCUT2D eigenvalue weighted by Gasteiger charge is 2.20. The van der Waals surface area contributed by atoms with Gasteiger partial charge in [-0.2, -0.15) is 0 Å². The van der Waals surface area contributed by atoms with Crippen LogP contribution >= 0.6 is 0 Å². The molecule has 0 heterocycles. The zero-order valence-corrected chi connectivity index (χ0v) is 15.9. The van der Waals surface area contributed by atoms with Gasteiger partial charge >= 0.3 is 0 Å². The van der Waals surface area contributed by atoms with Gasteiger partial charge in [0, 0.05) is 12.1 Å². The Bertz CT molecular complexity index is 692. The van der Waals surface area contributed by atoms with Gasteiger partial charge in [-0.3, -0.25) is 19.7 Å². The second-order valence-corrected chi connectivity index (χ2v) is 6.18. The van der Waals surface area contributed by atoms with Crippen LogP contribution in [0.15, 0.2) is 12.1 Å². The molecule has 0 radical (unpaired) electrons. The van der Waals surface area contributed by atoms with Crippen molar-refractivity contribution in [2.75, 3.05) is 27.3 Å². The summed E-state index contributed by atoms with van der Waals surface area (Å²) in [4.78, 5) is 34.3. The van der Waals surface area contributed by atoms with E-state index >= 15 is 0 Å². The quantitative estimate of drug-likeness (QED) is 0.391. The molecule has 1 aromatic carbocycles. The van der Waals surface area contributed by atoms with Crippen LogP contribution in [0.1, 0.15) is 19.4 Å². The number of nitrogens with two attached hydrogens (primary N) is 1. The Kier molecular flexibility index (Phi) is 8.46. The van der Waals surface area contributed by atoms with Gasteiger partial charge in [-0.1, -0.05) is 13.8 Å². The first-order valence-corrected chi connectivity index (χ1v) is 8.40. The zero-order chi connectivity index (χ0) is 20.6. The van der Waals surface area contributed by atoms with E-state index < -0.39 is 22.8 Å².